The van der Waals surface area contributed by atoms with E-state index >= 15 is 0 Å². The molecular weight excluding hydrogens is 386 g/mol. The molecule has 0 aromatic carbocycles. The van der Waals surface area contributed by atoms with Crippen LogP contribution in [0.4, 0.5) is 4.79 Å². The maximum atomic E-state index is 12.3. The van der Waals surface area contributed by atoms with E-state index in [0.717, 1.165) is 24.2 Å². The topological polar surface area (TPSA) is 72.4 Å². The van der Waals surface area contributed by atoms with Crippen LogP contribution in [-0.4, -0.2) is 50.8 Å². The Labute approximate surface area is 157 Å². The number of rotatable bonds is 3. The van der Waals surface area contributed by atoms with Gasteiger partial charge in [-0.3, -0.25) is 4.79 Å². The quantitative estimate of drug-likeness (QED) is 0.558. The molecule has 1 amide bonds. The van der Waals surface area contributed by atoms with Gasteiger partial charge in [-0.1, -0.05) is 15.9 Å². The van der Waals surface area contributed by atoms with Crippen LogP contribution in [0, 0.1) is 13.8 Å². The number of carbonyl (C=O) groups is 2. The van der Waals surface area contributed by atoms with Crippen molar-refractivity contribution in [3.63, 3.8) is 0 Å². The summed E-state index contributed by atoms with van der Waals surface area (Å²) >= 11 is 3.24. The van der Waals surface area contributed by atoms with Gasteiger partial charge in [0.2, 0.25) is 0 Å². The van der Waals surface area contributed by atoms with E-state index in [-0.39, 0.29) is 23.1 Å². The van der Waals surface area contributed by atoms with E-state index < -0.39 is 5.60 Å². The van der Waals surface area contributed by atoms with Gasteiger partial charge in [0.05, 0.1) is 22.3 Å². The number of likely N-dealkylation sites (tertiary alicyclic amines) is 1. The maximum Gasteiger partial charge on any atom is 0.410 e. The van der Waals surface area contributed by atoms with Crippen LogP contribution in [0.15, 0.2) is 0 Å². The first-order valence-electron chi connectivity index (χ1n) is 8.54. The van der Waals surface area contributed by atoms with Crippen molar-refractivity contribution < 1.29 is 14.3 Å². The monoisotopic (exact) mass is 411 g/mol. The zero-order valence-corrected chi connectivity index (χ0v) is 17.1. The van der Waals surface area contributed by atoms with Crippen molar-refractivity contribution in [3.8, 4) is 0 Å². The molecule has 1 aromatic rings. The predicted octanol–water partition coefficient (Wildman–Crippen LogP) is 3.79. The molecule has 0 atom stereocenters. The number of piperidine rings is 1. The van der Waals surface area contributed by atoms with Gasteiger partial charge < -0.3 is 9.64 Å². The summed E-state index contributed by atoms with van der Waals surface area (Å²) in [5, 5.41) is 0.254. The van der Waals surface area contributed by atoms with Crippen LogP contribution < -0.4 is 0 Å². The van der Waals surface area contributed by atoms with Crippen LogP contribution >= 0.6 is 15.9 Å². The molecule has 138 valence electrons. The normalized spacial score (nSPS) is 16.0. The molecule has 2 rings (SSSR count). The predicted molar refractivity (Wildman–Crippen MR) is 99.4 cm³/mol. The molecule has 7 heteroatoms. The van der Waals surface area contributed by atoms with E-state index in [9.17, 15) is 9.59 Å². The number of aromatic nitrogens is 2. The Morgan fingerprint density at radius 1 is 1.20 bits per heavy atom. The van der Waals surface area contributed by atoms with Crippen molar-refractivity contribution >= 4 is 27.8 Å². The summed E-state index contributed by atoms with van der Waals surface area (Å²) in [5.41, 5.74) is 1.67. The van der Waals surface area contributed by atoms with E-state index in [2.05, 4.69) is 25.9 Å². The molecular formula is C18H26BrN3O3. The third kappa shape index (κ3) is 5.00. The van der Waals surface area contributed by atoms with Crippen LogP contribution in [0.5, 0.6) is 0 Å². The fourth-order valence-electron chi connectivity index (χ4n) is 3.11. The van der Waals surface area contributed by atoms with Gasteiger partial charge in [0.15, 0.2) is 5.78 Å². The van der Waals surface area contributed by atoms with Gasteiger partial charge in [-0.15, -0.1) is 0 Å². The van der Waals surface area contributed by atoms with Crippen molar-refractivity contribution in [2.24, 2.45) is 0 Å². The van der Waals surface area contributed by atoms with E-state index in [0.29, 0.717) is 24.5 Å². The first kappa shape index (κ1) is 19.8. The minimum atomic E-state index is -0.496. The highest BCUT2D eigenvalue weighted by molar-refractivity contribution is 9.09. The summed E-state index contributed by atoms with van der Waals surface area (Å²) in [7, 11) is 0. The van der Waals surface area contributed by atoms with Gasteiger partial charge in [-0.05, 0) is 47.5 Å². The largest absolute Gasteiger partial charge is 0.444 e. The highest BCUT2D eigenvalue weighted by Crippen LogP contribution is 2.31. The number of amides is 1. The number of hydrogen-bond acceptors (Lipinski definition) is 5. The Kier molecular flexibility index (Phi) is 6.19. The zero-order valence-electron chi connectivity index (χ0n) is 15.6. The van der Waals surface area contributed by atoms with Gasteiger partial charge in [0.1, 0.15) is 11.4 Å². The lowest BCUT2D eigenvalue weighted by Gasteiger charge is -2.33. The van der Waals surface area contributed by atoms with Crippen LogP contribution in [0.3, 0.4) is 0 Å². The standard InChI is InChI=1S/C18H26BrN3O3/c1-11-15(14(23)10-19)16(21-12(2)20-11)13-6-8-22(9-7-13)17(24)25-18(3,4)5/h13H,6-10H2,1-5H3. The van der Waals surface area contributed by atoms with E-state index in [1.54, 1.807) is 4.90 Å². The molecule has 0 bridgehead atoms. The summed E-state index contributed by atoms with van der Waals surface area (Å²) in [5.74, 6) is 0.826. The lowest BCUT2D eigenvalue weighted by Crippen LogP contribution is -2.41. The molecule has 1 fully saturated rings. The number of alkyl halides is 1. The number of Topliss-reactive ketones (excluding diaryl/α,β-unsaturated/α-hetero) is 1. The molecule has 0 saturated carbocycles. The number of ketones is 1. The molecule has 0 spiro atoms. The first-order valence-corrected chi connectivity index (χ1v) is 9.66. The molecule has 1 aromatic heterocycles. The fourth-order valence-corrected chi connectivity index (χ4v) is 3.39. The Bertz CT molecular complexity index is 662. The highest BCUT2D eigenvalue weighted by Gasteiger charge is 2.30. The van der Waals surface area contributed by atoms with Crippen LogP contribution in [0.1, 0.15) is 67.1 Å². The van der Waals surface area contributed by atoms with Gasteiger partial charge in [0.25, 0.3) is 0 Å². The van der Waals surface area contributed by atoms with Crippen molar-refractivity contribution in [1.82, 2.24) is 14.9 Å². The average Bonchev–Trinajstić information content (AvgIpc) is 2.52. The highest BCUT2D eigenvalue weighted by atomic mass is 79.9. The number of nitrogens with zero attached hydrogens (tertiary/aromatic N) is 3. The number of aryl methyl sites for hydroxylation is 2. The van der Waals surface area contributed by atoms with Crippen LogP contribution in [0.25, 0.3) is 0 Å². The Morgan fingerprint density at radius 2 is 1.80 bits per heavy atom. The number of hydrogen-bond donors (Lipinski definition) is 0. The van der Waals surface area contributed by atoms with Crippen molar-refractivity contribution in [2.45, 2.75) is 59.0 Å². The molecule has 6 nitrogen and oxygen atoms in total. The second-order valence-electron chi connectivity index (χ2n) is 7.41. The Hall–Kier alpha value is -1.50. The Morgan fingerprint density at radius 3 is 2.32 bits per heavy atom. The van der Waals surface area contributed by atoms with E-state index in [4.69, 9.17) is 4.74 Å². The second-order valence-corrected chi connectivity index (χ2v) is 7.98. The maximum absolute atomic E-state index is 12.3. The summed E-state index contributed by atoms with van der Waals surface area (Å²) in [6.07, 6.45) is 1.24. The second kappa shape index (κ2) is 7.81. The average molecular weight is 412 g/mol. The number of ether oxygens (including phenoxy) is 1. The molecule has 25 heavy (non-hydrogen) atoms. The molecule has 0 aliphatic carbocycles. The smallest absolute Gasteiger partial charge is 0.410 e. The first-order chi connectivity index (χ1) is 11.6. The molecule has 1 saturated heterocycles. The molecule has 0 N–H and O–H groups in total. The minimum Gasteiger partial charge on any atom is -0.444 e. The van der Waals surface area contributed by atoms with E-state index in [1.807, 2.05) is 34.6 Å². The van der Waals surface area contributed by atoms with Crippen molar-refractivity contribution in [2.75, 3.05) is 18.4 Å². The van der Waals surface area contributed by atoms with Crippen molar-refractivity contribution in [1.29, 1.82) is 0 Å². The lowest BCUT2D eigenvalue weighted by molar-refractivity contribution is 0.0203. The third-order valence-corrected chi connectivity index (χ3v) is 4.67. The van der Waals surface area contributed by atoms with Gasteiger partial charge in [-0.25, -0.2) is 14.8 Å². The van der Waals surface area contributed by atoms with Gasteiger partial charge in [-0.2, -0.15) is 0 Å². The van der Waals surface area contributed by atoms with Gasteiger partial charge in [0, 0.05) is 19.0 Å². The molecule has 1 aliphatic heterocycles. The fraction of sp³-hybridized carbons (Fsp3) is 0.667. The molecule has 1 aliphatic rings. The third-order valence-electron chi connectivity index (χ3n) is 4.16. The van der Waals surface area contributed by atoms with Gasteiger partial charge >= 0.3 is 6.09 Å². The summed E-state index contributed by atoms with van der Waals surface area (Å²) in [6.45, 7) is 10.5. The summed E-state index contributed by atoms with van der Waals surface area (Å²) < 4.78 is 5.44. The van der Waals surface area contributed by atoms with E-state index in [1.165, 1.54) is 0 Å². The molecule has 0 radical (unpaired) electrons. The SMILES string of the molecule is Cc1nc(C)c(C(=O)CBr)c(C2CCN(C(=O)OC(C)(C)C)CC2)n1. The summed E-state index contributed by atoms with van der Waals surface area (Å²) in [6, 6.07) is 0. The van der Waals surface area contributed by atoms with Crippen LogP contribution in [0.2, 0.25) is 0 Å². The lowest BCUT2D eigenvalue weighted by atomic mass is 9.89. The number of halogens is 1. The molecule has 0 unspecified atom stereocenters. The molecule has 2 heterocycles. The minimum absolute atomic E-state index is 0.00192. The summed E-state index contributed by atoms with van der Waals surface area (Å²) in [4.78, 5) is 35.2. The van der Waals surface area contributed by atoms with Crippen molar-refractivity contribution in [3.05, 3.63) is 22.8 Å². The Balaban J connectivity index is 2.16. The zero-order chi connectivity index (χ0) is 18.8. The van der Waals surface area contributed by atoms with Crippen LogP contribution in [-0.2, 0) is 4.74 Å². The number of carbonyl (C=O) groups excluding carboxylic acids is 2.